The number of hydrogen-bond donors (Lipinski definition) is 0. The summed E-state index contributed by atoms with van der Waals surface area (Å²) in [5.74, 6) is -2.52. The van der Waals surface area contributed by atoms with Gasteiger partial charge in [-0.15, -0.1) is 0 Å². The Hall–Kier alpha value is -3.96. The van der Waals surface area contributed by atoms with Crippen LogP contribution >= 0.6 is 11.8 Å². The van der Waals surface area contributed by atoms with Gasteiger partial charge in [0.1, 0.15) is 12.4 Å². The zero-order valence-corrected chi connectivity index (χ0v) is 26.4. The third kappa shape index (κ3) is 8.70. The van der Waals surface area contributed by atoms with Crippen molar-refractivity contribution in [3.63, 3.8) is 0 Å². The van der Waals surface area contributed by atoms with Crippen LogP contribution in [0.2, 0.25) is 0 Å². The molecule has 0 atom stereocenters. The fourth-order valence-corrected chi connectivity index (χ4v) is 6.03. The number of likely N-dealkylation sites (N-methyl/N-ethyl adjacent to an activating group) is 1. The van der Waals surface area contributed by atoms with Crippen LogP contribution in [0.25, 0.3) is 11.1 Å². The van der Waals surface area contributed by atoms with E-state index >= 15 is 0 Å². The third-order valence-corrected chi connectivity index (χ3v) is 8.57. The molecule has 0 bridgehead atoms. The summed E-state index contributed by atoms with van der Waals surface area (Å²) >= 11 is 0.805. The highest BCUT2D eigenvalue weighted by Crippen LogP contribution is 2.31. The molecular weight excluding hydrogens is 628 g/mol. The number of rotatable bonds is 13. The average Bonchev–Trinajstić information content (AvgIpc) is 3.63. The molecule has 0 N–H and O–H groups in total. The van der Waals surface area contributed by atoms with Gasteiger partial charge < -0.3 is 14.4 Å². The molecule has 248 valence electrons. The van der Waals surface area contributed by atoms with E-state index in [1.165, 1.54) is 41.0 Å². The van der Waals surface area contributed by atoms with E-state index in [2.05, 4.69) is 4.98 Å². The predicted octanol–water partition coefficient (Wildman–Crippen LogP) is 7.22. The van der Waals surface area contributed by atoms with E-state index in [1.807, 2.05) is 0 Å². The first kappa shape index (κ1) is 23.4. The van der Waals surface area contributed by atoms with Crippen LogP contribution in [0.1, 0.15) is 61.9 Å². The van der Waals surface area contributed by atoms with Crippen LogP contribution in [0.3, 0.4) is 0 Å². The molecule has 0 saturated carbocycles. The average molecular weight is 677 g/mol. The van der Waals surface area contributed by atoms with Gasteiger partial charge in [0.05, 0.1) is 13.8 Å². The second kappa shape index (κ2) is 15.3. The summed E-state index contributed by atoms with van der Waals surface area (Å²) in [5.41, 5.74) is -0.0455. The second-order valence-electron chi connectivity index (χ2n) is 10.6. The van der Waals surface area contributed by atoms with Crippen molar-refractivity contribution < 1.29 is 36.1 Å². The molecule has 1 amide bonds. The van der Waals surface area contributed by atoms with Crippen LogP contribution in [-0.2, 0) is 42.6 Å². The molecule has 0 spiro atoms. The number of amides is 1. The molecule has 6 nitrogen and oxygen atoms in total. The lowest BCUT2D eigenvalue weighted by Crippen LogP contribution is -2.40. The van der Waals surface area contributed by atoms with Crippen LogP contribution in [-0.4, -0.2) is 51.3 Å². The Morgan fingerprint density at radius 1 is 0.957 bits per heavy atom. The van der Waals surface area contributed by atoms with Gasteiger partial charge in [-0.05, 0) is 78.7 Å². The van der Waals surface area contributed by atoms with Gasteiger partial charge in [0.25, 0.3) is 5.56 Å². The van der Waals surface area contributed by atoms with Crippen molar-refractivity contribution >= 4 is 17.7 Å². The number of aromatic nitrogens is 2. The smallest absolute Gasteiger partial charge is 0.336 e. The number of halogens is 4. The highest BCUT2D eigenvalue weighted by Gasteiger charge is 2.30. The lowest BCUT2D eigenvalue weighted by molar-refractivity contribution is -0.137. The molecule has 0 fully saturated rings. The van der Waals surface area contributed by atoms with Gasteiger partial charge >= 0.3 is 6.18 Å². The maximum absolute atomic E-state index is 14.5. The summed E-state index contributed by atoms with van der Waals surface area (Å²) in [6.45, 7) is -6.53. The monoisotopic (exact) mass is 676 g/mol. The van der Waals surface area contributed by atoms with E-state index in [-0.39, 0.29) is 22.0 Å². The van der Waals surface area contributed by atoms with Gasteiger partial charge in [0.2, 0.25) is 5.91 Å². The van der Waals surface area contributed by atoms with Gasteiger partial charge in [-0.3, -0.25) is 9.59 Å². The molecule has 0 radical (unpaired) electrons. The Balaban J connectivity index is 1.53. The molecule has 5 rings (SSSR count). The van der Waals surface area contributed by atoms with E-state index in [0.717, 1.165) is 47.5 Å². The van der Waals surface area contributed by atoms with Crippen molar-refractivity contribution in [3.05, 3.63) is 117 Å². The maximum Gasteiger partial charge on any atom is 0.416 e. The molecule has 0 unspecified atom stereocenters. The summed E-state index contributed by atoms with van der Waals surface area (Å²) in [6.07, 6.45) is -3.32. The highest BCUT2D eigenvalue weighted by atomic mass is 32.2. The molecule has 0 saturated heterocycles. The number of alkyl halides is 3. The fourth-order valence-electron chi connectivity index (χ4n) is 5.14. The summed E-state index contributed by atoms with van der Waals surface area (Å²) in [5, 5.41) is -0.0620. The standard InChI is InChI=1S/C36H38F4N4O2S/c1-3-42(4-2)20-21-43(22-25-8-12-27(13-9-25)28-14-16-29(17-15-28)36(38,39)40)33(45)23-44-32-7-5-6-31(32)34(46)41-35(44)47-24-26-10-18-30(37)19-11-26/h8-19H,3-7,20-24H2,1-2H3/i3D2,4D2,10D,11D,18D,19D,22D2. The first-order chi connectivity index (χ1) is 26.3. The number of benzene rings is 3. The number of nitrogens with zero attached hydrogens (tertiary/aromatic N) is 4. The zero-order chi connectivity index (χ0) is 42.4. The van der Waals surface area contributed by atoms with Crippen LogP contribution in [0.4, 0.5) is 17.6 Å². The number of carbonyl (C=O) groups is 1. The van der Waals surface area contributed by atoms with Crippen molar-refractivity contribution in [2.45, 2.75) is 63.2 Å². The van der Waals surface area contributed by atoms with E-state index < -0.39 is 92.3 Å². The Bertz CT molecular complexity index is 2170. The van der Waals surface area contributed by atoms with Crippen LogP contribution in [0, 0.1) is 5.82 Å². The predicted molar refractivity (Wildman–Crippen MR) is 177 cm³/mol. The molecule has 47 heavy (non-hydrogen) atoms. The Labute approximate surface area is 290 Å². The van der Waals surface area contributed by atoms with Crippen LogP contribution in [0.5, 0.6) is 0 Å². The van der Waals surface area contributed by atoms with Crippen molar-refractivity contribution in [1.82, 2.24) is 19.4 Å². The Morgan fingerprint density at radius 2 is 1.60 bits per heavy atom. The van der Waals surface area contributed by atoms with E-state index in [9.17, 15) is 29.9 Å². The van der Waals surface area contributed by atoms with Gasteiger partial charge in [-0.2, -0.15) is 18.2 Å². The van der Waals surface area contributed by atoms with Crippen molar-refractivity contribution in [2.75, 3.05) is 26.1 Å². The lowest BCUT2D eigenvalue weighted by Gasteiger charge is -2.28. The quantitative estimate of drug-likeness (QED) is 0.0851. The lowest BCUT2D eigenvalue weighted by atomic mass is 10.0. The number of thioether (sulfide) groups is 1. The minimum absolute atomic E-state index is 0.0606. The summed E-state index contributed by atoms with van der Waals surface area (Å²) in [6, 6.07) is 6.98. The molecule has 0 aliphatic heterocycles. The van der Waals surface area contributed by atoms with Crippen LogP contribution in [0.15, 0.2) is 82.7 Å². The van der Waals surface area contributed by atoms with Crippen molar-refractivity contribution in [1.29, 1.82) is 0 Å². The first-order valence-corrected chi connectivity index (χ1v) is 15.7. The molecular formula is C36H38F4N4O2S. The molecule has 1 aromatic heterocycles. The normalized spacial score (nSPS) is 16.8. The third-order valence-electron chi connectivity index (χ3n) is 7.57. The molecule has 1 heterocycles. The van der Waals surface area contributed by atoms with Crippen molar-refractivity contribution in [3.8, 4) is 11.1 Å². The second-order valence-corrected chi connectivity index (χ2v) is 11.5. The first-order valence-electron chi connectivity index (χ1n) is 19.7. The minimum Gasteiger partial charge on any atom is -0.336 e. The Kier molecular flexibility index (Phi) is 7.61. The highest BCUT2D eigenvalue weighted by molar-refractivity contribution is 7.98. The topological polar surface area (TPSA) is 58.4 Å². The number of hydrogen-bond acceptors (Lipinski definition) is 5. The molecule has 4 aromatic rings. The summed E-state index contributed by atoms with van der Waals surface area (Å²) in [7, 11) is 0. The van der Waals surface area contributed by atoms with E-state index in [0.29, 0.717) is 41.6 Å². The summed E-state index contributed by atoms with van der Waals surface area (Å²) in [4.78, 5) is 33.4. The van der Waals surface area contributed by atoms with E-state index in [1.54, 1.807) is 0 Å². The largest absolute Gasteiger partial charge is 0.416 e. The fraction of sp³-hybridized carbons (Fsp3) is 0.361. The number of fused-ring (bicyclic) bond motifs is 1. The number of carbonyl (C=O) groups excluding carboxylic acids is 1. The van der Waals surface area contributed by atoms with Gasteiger partial charge in [-0.1, -0.05) is 74.1 Å². The molecule has 3 aromatic carbocycles. The maximum atomic E-state index is 14.5. The van der Waals surface area contributed by atoms with Crippen LogP contribution < -0.4 is 5.56 Å². The Morgan fingerprint density at radius 3 is 2.21 bits per heavy atom. The molecule has 11 heteroatoms. The minimum atomic E-state index is -4.54. The van der Waals surface area contributed by atoms with Crippen molar-refractivity contribution in [2.24, 2.45) is 0 Å². The van der Waals surface area contributed by atoms with Gasteiger partial charge in [-0.25, -0.2) is 4.39 Å². The molecule has 1 aliphatic carbocycles. The van der Waals surface area contributed by atoms with E-state index in [4.69, 9.17) is 11.0 Å². The zero-order valence-electron chi connectivity index (χ0n) is 35.6. The molecule has 1 aliphatic rings. The summed E-state index contributed by atoms with van der Waals surface area (Å²) < 4.78 is 139. The SMILES string of the molecule is [2H]c1c([2H])c(CSc2nc(=O)c3c(n2CC(=O)N(CCN(C([2H])([2H])C)C([2H])([2H])C)C([2H])([2H])c2ccc(-c4ccc(C(F)(F)F)cc4)cc2)CCC3)c([2H])c([2H])c1F. The van der Waals surface area contributed by atoms with Gasteiger partial charge in [0, 0.05) is 42.1 Å². The van der Waals surface area contributed by atoms with Gasteiger partial charge in [0.15, 0.2) is 5.16 Å².